The van der Waals surface area contributed by atoms with E-state index in [0.29, 0.717) is 28.9 Å². The minimum absolute atomic E-state index is 0.0972. The molecule has 0 radical (unpaired) electrons. The predicted molar refractivity (Wildman–Crippen MR) is 139 cm³/mol. The summed E-state index contributed by atoms with van der Waals surface area (Å²) in [5, 5.41) is 0. The van der Waals surface area contributed by atoms with Crippen LogP contribution in [-0.4, -0.2) is 62.4 Å². The van der Waals surface area contributed by atoms with E-state index >= 15 is 0 Å². The number of unbranched alkanes of at least 4 members (excludes halogenated alkanes) is 1. The van der Waals surface area contributed by atoms with E-state index in [1.54, 1.807) is 25.1 Å². The van der Waals surface area contributed by atoms with Gasteiger partial charge in [-0.2, -0.15) is 9.30 Å². The molecule has 0 aliphatic rings. The van der Waals surface area contributed by atoms with Crippen LogP contribution in [0.5, 0.6) is 0 Å². The number of amides is 1. The first-order valence-corrected chi connectivity index (χ1v) is 13.9. The van der Waals surface area contributed by atoms with Crippen LogP contribution in [0.3, 0.4) is 0 Å². The van der Waals surface area contributed by atoms with Crippen LogP contribution in [0.25, 0.3) is 10.2 Å². The monoisotopic (exact) mass is 547 g/mol. The lowest BCUT2D eigenvalue weighted by atomic mass is 10.2. The van der Waals surface area contributed by atoms with Gasteiger partial charge in [0.25, 0.3) is 5.91 Å². The fraction of sp³-hybridized carbons (Fsp3) is 0.360. The number of rotatable bonds is 10. The van der Waals surface area contributed by atoms with Crippen molar-refractivity contribution in [1.29, 1.82) is 0 Å². The number of carbonyl (C=O) groups excluding carboxylic acids is 3. The van der Waals surface area contributed by atoms with Gasteiger partial charge in [0.15, 0.2) is 4.80 Å². The summed E-state index contributed by atoms with van der Waals surface area (Å²) in [4.78, 5) is 41.5. The molecule has 37 heavy (non-hydrogen) atoms. The lowest BCUT2D eigenvalue weighted by Gasteiger charge is -2.20. The fourth-order valence-electron chi connectivity index (χ4n) is 3.60. The Labute approximate surface area is 219 Å². The van der Waals surface area contributed by atoms with Crippen LogP contribution in [0.2, 0.25) is 0 Å². The van der Waals surface area contributed by atoms with Gasteiger partial charge >= 0.3 is 11.9 Å². The third-order valence-electron chi connectivity index (χ3n) is 5.67. The Kier molecular flexibility index (Phi) is 9.35. The molecule has 0 spiro atoms. The minimum atomic E-state index is -3.68. The summed E-state index contributed by atoms with van der Waals surface area (Å²) in [6, 6.07) is 10.4. The van der Waals surface area contributed by atoms with Crippen LogP contribution in [0.15, 0.2) is 52.4 Å². The fourth-order valence-corrected chi connectivity index (χ4v) is 6.16. The number of thiazole rings is 1. The molecule has 1 amide bonds. The Morgan fingerprint density at radius 1 is 1.00 bits per heavy atom. The number of aromatic nitrogens is 1. The highest BCUT2D eigenvalue weighted by Gasteiger charge is 2.23. The van der Waals surface area contributed by atoms with Crippen molar-refractivity contribution in [2.45, 2.75) is 38.1 Å². The summed E-state index contributed by atoms with van der Waals surface area (Å²) in [6.45, 7) is 4.36. The number of fused-ring (bicyclic) bond motifs is 1. The molecule has 0 N–H and O–H groups in total. The zero-order valence-corrected chi connectivity index (χ0v) is 22.7. The molecule has 0 atom stereocenters. The normalized spacial score (nSPS) is 12.2. The van der Waals surface area contributed by atoms with Crippen LogP contribution in [0.4, 0.5) is 0 Å². The molecule has 3 rings (SSSR count). The lowest BCUT2D eigenvalue weighted by molar-refractivity contribution is -0.141. The third kappa shape index (κ3) is 6.32. The zero-order chi connectivity index (χ0) is 27.2. The van der Waals surface area contributed by atoms with E-state index in [-0.39, 0.29) is 21.8 Å². The number of sulfonamides is 1. The average Bonchev–Trinajstić information content (AvgIpc) is 3.23. The number of esters is 2. The number of ether oxygens (including phenoxy) is 2. The van der Waals surface area contributed by atoms with E-state index in [2.05, 4.69) is 4.99 Å². The predicted octanol–water partition coefficient (Wildman–Crippen LogP) is 3.21. The van der Waals surface area contributed by atoms with Gasteiger partial charge in [-0.3, -0.25) is 9.59 Å². The van der Waals surface area contributed by atoms with E-state index in [4.69, 9.17) is 9.47 Å². The van der Waals surface area contributed by atoms with Gasteiger partial charge in [0, 0.05) is 18.7 Å². The van der Waals surface area contributed by atoms with E-state index in [1.165, 1.54) is 47.4 Å². The standard InChI is InChI=1S/C25H29N3O7S2/c1-5-7-14-27(6-2)37(32,33)19-11-8-17(9-12-19)23(30)26-25-28(16-22(29)34-3)20-13-10-18(24(31)35-4)15-21(20)36-25/h8-13,15H,5-7,14,16H2,1-4H3. The van der Waals surface area contributed by atoms with Gasteiger partial charge in [0.05, 0.1) is 34.9 Å². The van der Waals surface area contributed by atoms with E-state index in [0.717, 1.165) is 24.2 Å². The summed E-state index contributed by atoms with van der Waals surface area (Å²) in [5.74, 6) is -1.67. The quantitative estimate of drug-likeness (QED) is 0.357. The van der Waals surface area contributed by atoms with E-state index < -0.39 is 27.9 Å². The molecule has 0 aliphatic heterocycles. The van der Waals surface area contributed by atoms with Gasteiger partial charge in [-0.25, -0.2) is 13.2 Å². The third-order valence-corrected chi connectivity index (χ3v) is 8.70. The van der Waals surface area contributed by atoms with Crippen LogP contribution < -0.4 is 4.80 Å². The van der Waals surface area contributed by atoms with Gasteiger partial charge in [0.2, 0.25) is 10.0 Å². The molecular weight excluding hydrogens is 518 g/mol. The second-order valence-corrected chi connectivity index (χ2v) is 11.0. The molecule has 198 valence electrons. The molecule has 10 nitrogen and oxygen atoms in total. The zero-order valence-electron chi connectivity index (χ0n) is 21.1. The maximum Gasteiger partial charge on any atom is 0.337 e. The van der Waals surface area contributed by atoms with Crippen molar-refractivity contribution in [3.63, 3.8) is 0 Å². The molecule has 12 heteroatoms. The van der Waals surface area contributed by atoms with Crippen molar-refractivity contribution < 1.29 is 32.3 Å². The summed E-state index contributed by atoms with van der Waals surface area (Å²) < 4.78 is 39.0. The van der Waals surface area contributed by atoms with E-state index in [9.17, 15) is 22.8 Å². The van der Waals surface area contributed by atoms with Gasteiger partial charge in [-0.1, -0.05) is 31.6 Å². The number of hydrogen-bond donors (Lipinski definition) is 0. The number of carbonyl (C=O) groups is 3. The molecule has 0 bridgehead atoms. The lowest BCUT2D eigenvalue weighted by Crippen LogP contribution is -2.31. The highest BCUT2D eigenvalue weighted by atomic mass is 32.2. The molecule has 0 fully saturated rings. The van der Waals surface area contributed by atoms with E-state index in [1.807, 2.05) is 6.92 Å². The highest BCUT2D eigenvalue weighted by molar-refractivity contribution is 7.89. The van der Waals surface area contributed by atoms with Crippen molar-refractivity contribution in [2.75, 3.05) is 27.3 Å². The molecule has 3 aromatic rings. The maximum atomic E-state index is 13.0. The number of methoxy groups -OCH3 is 2. The Morgan fingerprint density at radius 2 is 1.68 bits per heavy atom. The van der Waals surface area contributed by atoms with Crippen LogP contribution in [-0.2, 0) is 30.8 Å². The van der Waals surface area contributed by atoms with Gasteiger partial charge in [-0.05, 0) is 48.9 Å². The molecular formula is C25H29N3O7S2. The van der Waals surface area contributed by atoms with Gasteiger partial charge in [0.1, 0.15) is 6.54 Å². The second kappa shape index (κ2) is 12.3. The first-order chi connectivity index (χ1) is 17.7. The Hall–Kier alpha value is -3.35. The number of nitrogens with zero attached hydrogens (tertiary/aromatic N) is 3. The Morgan fingerprint density at radius 3 is 2.27 bits per heavy atom. The molecule has 1 aromatic heterocycles. The summed E-state index contributed by atoms with van der Waals surface area (Å²) in [6.07, 6.45) is 1.63. The average molecular weight is 548 g/mol. The van der Waals surface area contributed by atoms with Crippen molar-refractivity contribution in [2.24, 2.45) is 4.99 Å². The van der Waals surface area contributed by atoms with Gasteiger partial charge in [-0.15, -0.1) is 0 Å². The molecule has 0 aliphatic carbocycles. The van der Waals surface area contributed by atoms with Crippen molar-refractivity contribution in [3.8, 4) is 0 Å². The SMILES string of the molecule is CCCCN(CC)S(=O)(=O)c1ccc(C(=O)N=c2sc3cc(C(=O)OC)ccc3n2CC(=O)OC)cc1. The highest BCUT2D eigenvalue weighted by Crippen LogP contribution is 2.21. The molecule has 2 aromatic carbocycles. The topological polar surface area (TPSA) is 124 Å². The molecule has 0 unspecified atom stereocenters. The Bertz CT molecular complexity index is 1470. The maximum absolute atomic E-state index is 13.0. The van der Waals surface area contributed by atoms with Crippen molar-refractivity contribution >= 4 is 49.4 Å². The summed E-state index contributed by atoms with van der Waals surface area (Å²) >= 11 is 1.12. The minimum Gasteiger partial charge on any atom is -0.468 e. The van der Waals surface area contributed by atoms with Crippen LogP contribution in [0, 0.1) is 0 Å². The first-order valence-electron chi connectivity index (χ1n) is 11.6. The summed E-state index contributed by atoms with van der Waals surface area (Å²) in [7, 11) is -1.15. The van der Waals surface area contributed by atoms with Crippen LogP contribution in [0.1, 0.15) is 47.4 Å². The smallest absolute Gasteiger partial charge is 0.337 e. The van der Waals surface area contributed by atoms with Crippen molar-refractivity contribution in [3.05, 3.63) is 58.4 Å². The number of hydrogen-bond acceptors (Lipinski definition) is 8. The second-order valence-electron chi connectivity index (χ2n) is 8.01. The van der Waals surface area contributed by atoms with Crippen molar-refractivity contribution in [1.82, 2.24) is 8.87 Å². The van der Waals surface area contributed by atoms with Crippen LogP contribution >= 0.6 is 11.3 Å². The molecule has 0 saturated heterocycles. The first kappa shape index (κ1) is 28.2. The summed E-state index contributed by atoms with van der Waals surface area (Å²) in [5.41, 5.74) is 1.09. The number of benzene rings is 2. The largest absolute Gasteiger partial charge is 0.468 e. The molecule has 0 saturated carbocycles. The van der Waals surface area contributed by atoms with Gasteiger partial charge < -0.3 is 14.0 Å². The Balaban J connectivity index is 2.00. The molecule has 1 heterocycles.